The molecule has 18 nitrogen and oxygen atoms in total. The molecule has 69 heavy (non-hydrogen) atoms. The van der Waals surface area contributed by atoms with Gasteiger partial charge >= 0.3 is 0 Å². The highest BCUT2D eigenvalue weighted by molar-refractivity contribution is 7.70. The Labute approximate surface area is 404 Å². The van der Waals surface area contributed by atoms with Gasteiger partial charge in [-0.25, -0.2) is 4.98 Å². The second-order valence-corrected chi connectivity index (χ2v) is 22.4. The van der Waals surface area contributed by atoms with E-state index < -0.39 is 36.8 Å². The first kappa shape index (κ1) is 46.0. The molecule has 4 aliphatic heterocycles. The molecule has 3 saturated heterocycles. The van der Waals surface area contributed by atoms with Gasteiger partial charge < -0.3 is 34.6 Å². The van der Waals surface area contributed by atoms with Crippen LogP contribution in [0, 0.1) is 5.92 Å². The molecule has 10 rings (SSSR count). The van der Waals surface area contributed by atoms with Gasteiger partial charge in [0.1, 0.15) is 24.0 Å². The summed E-state index contributed by atoms with van der Waals surface area (Å²) in [6, 6.07) is 14.1. The maximum absolute atomic E-state index is 14.0. The zero-order valence-electron chi connectivity index (χ0n) is 38.8. The Morgan fingerprint density at radius 3 is 2.26 bits per heavy atom. The minimum Gasteiger partial charge on any atom is -0.494 e. The van der Waals surface area contributed by atoms with Crippen molar-refractivity contribution in [3.8, 4) is 16.9 Å². The van der Waals surface area contributed by atoms with E-state index in [0.29, 0.717) is 86.0 Å². The predicted octanol–water partition coefficient (Wildman–Crippen LogP) is 6.12. The van der Waals surface area contributed by atoms with Crippen molar-refractivity contribution in [1.29, 1.82) is 0 Å². The number of anilines is 6. The number of piperazine rings is 1. The van der Waals surface area contributed by atoms with E-state index in [1.165, 1.54) is 11.8 Å². The minimum atomic E-state index is -2.65. The molecule has 5 aromatic rings. The summed E-state index contributed by atoms with van der Waals surface area (Å²) in [7, 11) is 0.823. The summed E-state index contributed by atoms with van der Waals surface area (Å²) in [5.41, 5.74) is 6.45. The molecular formula is C49H53ClN11O7P. The monoisotopic (exact) mass is 973 g/mol. The van der Waals surface area contributed by atoms with Crippen molar-refractivity contribution in [2.45, 2.75) is 50.5 Å². The Morgan fingerprint density at radius 2 is 1.58 bits per heavy atom. The molecule has 5 aliphatic rings. The van der Waals surface area contributed by atoms with E-state index in [1.807, 2.05) is 48.6 Å². The van der Waals surface area contributed by atoms with Crippen LogP contribution in [0.2, 0.25) is 5.02 Å². The quantitative estimate of drug-likeness (QED) is 0.0953. The molecule has 5 amide bonds. The van der Waals surface area contributed by atoms with E-state index in [2.05, 4.69) is 41.9 Å². The third-order valence-corrected chi connectivity index (χ3v) is 15.6. The average molecular weight is 974 g/mol. The lowest BCUT2D eigenvalue weighted by atomic mass is 9.93. The molecule has 3 aromatic carbocycles. The summed E-state index contributed by atoms with van der Waals surface area (Å²) in [6.45, 7) is 6.91. The fourth-order valence-electron chi connectivity index (χ4n) is 9.89. The van der Waals surface area contributed by atoms with Crippen LogP contribution in [-0.4, -0.2) is 125 Å². The van der Waals surface area contributed by atoms with Gasteiger partial charge in [0.25, 0.3) is 11.8 Å². The Kier molecular flexibility index (Phi) is 12.2. The van der Waals surface area contributed by atoms with Gasteiger partial charge in [0, 0.05) is 98.7 Å². The Bertz CT molecular complexity index is 2970. The topological polar surface area (TPSA) is 204 Å². The molecule has 2 aromatic heterocycles. The van der Waals surface area contributed by atoms with Crippen molar-refractivity contribution in [1.82, 2.24) is 34.9 Å². The number of amides is 5. The first-order chi connectivity index (χ1) is 33.1. The number of aromatic nitrogens is 4. The number of hydrogen-bond acceptors (Lipinski definition) is 14. The number of nitrogens with one attached hydrogen (secondary N) is 3. The number of imide groups is 2. The number of benzene rings is 3. The van der Waals surface area contributed by atoms with E-state index >= 15 is 0 Å². The second kappa shape index (κ2) is 18.3. The molecule has 4 fully saturated rings. The van der Waals surface area contributed by atoms with E-state index in [9.17, 15) is 28.5 Å². The van der Waals surface area contributed by atoms with Crippen LogP contribution in [0.1, 0.15) is 70.7 Å². The van der Waals surface area contributed by atoms with E-state index in [0.717, 1.165) is 45.5 Å². The molecule has 0 spiro atoms. The van der Waals surface area contributed by atoms with E-state index in [1.54, 1.807) is 43.3 Å². The summed E-state index contributed by atoms with van der Waals surface area (Å²) in [4.78, 5) is 81.5. The molecule has 1 aliphatic carbocycles. The molecule has 0 unspecified atom stereocenters. The number of hydrogen-bond donors (Lipinski definition) is 3. The van der Waals surface area contributed by atoms with Crippen LogP contribution >= 0.6 is 18.7 Å². The highest BCUT2D eigenvalue weighted by Crippen LogP contribution is 2.45. The molecule has 358 valence electrons. The Morgan fingerprint density at radius 1 is 0.826 bits per heavy atom. The number of rotatable bonds is 12. The van der Waals surface area contributed by atoms with Crippen molar-refractivity contribution < 1.29 is 33.3 Å². The minimum absolute atomic E-state index is 0.0540. The molecule has 0 bridgehead atoms. The summed E-state index contributed by atoms with van der Waals surface area (Å²) < 4.78 is 21.2. The number of ether oxygens (including phenoxy) is 1. The third kappa shape index (κ3) is 9.15. The summed E-state index contributed by atoms with van der Waals surface area (Å²) >= 11 is 6.65. The number of fused-ring (bicyclic) bond motifs is 1. The number of carbonyl (C=O) groups excluding carboxylic acids is 5. The van der Waals surface area contributed by atoms with Gasteiger partial charge in [-0.15, -0.1) is 0 Å². The van der Waals surface area contributed by atoms with Crippen molar-refractivity contribution >= 4 is 88.1 Å². The normalized spacial score (nSPS) is 18.9. The smallest absolute Gasteiger partial charge is 0.262 e. The molecule has 3 N–H and O–H groups in total. The predicted molar refractivity (Wildman–Crippen MR) is 263 cm³/mol. The number of carbonyl (C=O) groups is 5. The van der Waals surface area contributed by atoms with Gasteiger partial charge in [0.15, 0.2) is 5.82 Å². The summed E-state index contributed by atoms with van der Waals surface area (Å²) in [6.07, 6.45) is 9.03. The fraction of sp³-hybridized carbons (Fsp3) is 0.388. The zero-order valence-corrected chi connectivity index (χ0v) is 40.5. The van der Waals surface area contributed by atoms with Crippen LogP contribution in [0.4, 0.5) is 34.5 Å². The number of piperidine rings is 2. The highest BCUT2D eigenvalue weighted by atomic mass is 35.5. The number of methoxy groups -OCH3 is 1. The average Bonchev–Trinajstić information content (AvgIpc) is 4.06. The summed E-state index contributed by atoms with van der Waals surface area (Å²) in [5.74, 6) is -0.484. The van der Waals surface area contributed by atoms with Crippen LogP contribution in [0.3, 0.4) is 0 Å². The Hall–Kier alpha value is -6.78. The maximum Gasteiger partial charge on any atom is 0.262 e. The lowest BCUT2D eigenvalue weighted by Gasteiger charge is -2.40. The third-order valence-electron chi connectivity index (χ3n) is 13.8. The van der Waals surface area contributed by atoms with Gasteiger partial charge in [0.05, 0.1) is 42.0 Å². The molecule has 1 atom stereocenters. The van der Waals surface area contributed by atoms with E-state index in [-0.39, 0.29) is 41.7 Å². The lowest BCUT2D eigenvalue weighted by molar-refractivity contribution is -0.137. The largest absolute Gasteiger partial charge is 0.494 e. The molecule has 20 heteroatoms. The first-order valence-electron chi connectivity index (χ1n) is 23.2. The van der Waals surface area contributed by atoms with Gasteiger partial charge in [-0.1, -0.05) is 17.7 Å². The fourth-order valence-corrected chi connectivity index (χ4v) is 11.2. The Balaban J connectivity index is 0.804. The summed E-state index contributed by atoms with van der Waals surface area (Å²) in [5, 5.41) is 14.4. The van der Waals surface area contributed by atoms with Gasteiger partial charge in [-0.05, 0) is 93.3 Å². The zero-order chi connectivity index (χ0) is 48.3. The highest BCUT2D eigenvalue weighted by Gasteiger charge is 2.45. The van der Waals surface area contributed by atoms with E-state index in [4.69, 9.17) is 21.3 Å². The second-order valence-electron chi connectivity index (χ2n) is 18.8. The number of nitrogens with zero attached hydrogens (tertiary/aromatic N) is 8. The van der Waals surface area contributed by atoms with Crippen LogP contribution in [0.15, 0.2) is 67.1 Å². The van der Waals surface area contributed by atoms with Crippen molar-refractivity contribution in [3.05, 3.63) is 88.8 Å². The lowest BCUT2D eigenvalue weighted by Crippen LogP contribution is -2.54. The molecule has 0 radical (unpaired) electrons. The van der Waals surface area contributed by atoms with Gasteiger partial charge in [-0.3, -0.25) is 38.9 Å². The van der Waals surface area contributed by atoms with Crippen molar-refractivity contribution in [3.63, 3.8) is 0 Å². The van der Waals surface area contributed by atoms with Crippen LogP contribution in [0.5, 0.6) is 5.75 Å². The first-order valence-corrected chi connectivity index (χ1v) is 26.2. The standard InChI is InChI=1S/C49H53ClN11O7P/c1-57-27-31(25-52-57)34-23-38(54-49-51-26-36(50)44(56-49)53-37-10-7-30(28-5-6-28)21-42(37)69(3,4)67)41(68-2)24-40(34)59-15-13-29(14-16-59)46(64)60-19-17-58(18-20-60)32-8-9-33-35(22-32)48(66)61(47(33)65)39-11-12-43(62)55-45(39)63/h7-10,21-29,39H,5-6,11-20H2,1-4H3,(H,55,62,63)(H2,51,53,54,56)/t39-/m1/s1. The van der Waals surface area contributed by atoms with Crippen LogP contribution < -0.4 is 35.8 Å². The maximum atomic E-state index is 14.0. The molecular weight excluding hydrogens is 921 g/mol. The van der Waals surface area contributed by atoms with Crippen LogP contribution in [0.25, 0.3) is 11.1 Å². The SMILES string of the molecule is COc1cc(N2CCC(C(=O)N3CCN(c4ccc5c(c4)C(=O)N([C@@H]4CCC(=O)NC4=O)C5=O)CC3)CC2)c(-c2cnn(C)c2)cc1Nc1ncc(Cl)c(Nc2ccc(C3CC3)cc2P(C)(C)=O)n1. The number of aryl methyl sites for hydroxylation is 1. The number of halogens is 1. The van der Waals surface area contributed by atoms with Crippen molar-refractivity contribution in [2.75, 3.05) is 80.1 Å². The molecule has 6 heterocycles. The van der Waals surface area contributed by atoms with Crippen molar-refractivity contribution in [2.24, 2.45) is 13.0 Å². The van der Waals surface area contributed by atoms with Crippen LogP contribution in [-0.2, 0) is 26.0 Å². The molecule has 1 saturated carbocycles. The van der Waals surface area contributed by atoms with Gasteiger partial charge in [0.2, 0.25) is 23.7 Å². The van der Waals surface area contributed by atoms with Gasteiger partial charge in [-0.2, -0.15) is 10.1 Å².